The van der Waals surface area contributed by atoms with Gasteiger partial charge in [-0.2, -0.15) is 0 Å². The predicted molar refractivity (Wildman–Crippen MR) is 72.7 cm³/mol. The van der Waals surface area contributed by atoms with Crippen molar-refractivity contribution < 1.29 is 23.7 Å². The minimum absolute atomic E-state index is 0.0192. The first-order chi connectivity index (χ1) is 10.2. The molecule has 1 saturated carbocycles. The van der Waals surface area contributed by atoms with Gasteiger partial charge in [0.2, 0.25) is 0 Å². The Morgan fingerprint density at radius 2 is 1.95 bits per heavy atom. The molecule has 5 nitrogen and oxygen atoms in total. The maximum Gasteiger partial charge on any atom is 0.306 e. The molecular formula is C16H18O5. The molecule has 1 aromatic rings. The van der Waals surface area contributed by atoms with Crippen LogP contribution in [0.15, 0.2) is 24.3 Å². The number of methoxy groups -OCH3 is 1. The number of ether oxygens (including phenoxy) is 4. The van der Waals surface area contributed by atoms with Crippen LogP contribution in [-0.4, -0.2) is 31.9 Å². The van der Waals surface area contributed by atoms with Crippen molar-refractivity contribution in [2.45, 2.75) is 31.3 Å². The highest BCUT2D eigenvalue weighted by atomic mass is 16.7. The lowest BCUT2D eigenvalue weighted by Crippen LogP contribution is -2.35. The van der Waals surface area contributed by atoms with E-state index in [0.29, 0.717) is 13.0 Å². The summed E-state index contributed by atoms with van der Waals surface area (Å²) in [4.78, 5) is 11.4. The van der Waals surface area contributed by atoms with Gasteiger partial charge in [0.1, 0.15) is 11.9 Å². The van der Waals surface area contributed by atoms with Gasteiger partial charge in [0.05, 0.1) is 26.2 Å². The van der Waals surface area contributed by atoms with Crippen LogP contribution in [0.1, 0.15) is 24.7 Å². The number of carbonyl (C=O) groups excluding carboxylic acids is 1. The van der Waals surface area contributed by atoms with Crippen LogP contribution in [0.5, 0.6) is 5.75 Å². The minimum Gasteiger partial charge on any atom is -0.497 e. The van der Waals surface area contributed by atoms with E-state index in [9.17, 15) is 4.79 Å². The zero-order valence-corrected chi connectivity index (χ0v) is 11.9. The van der Waals surface area contributed by atoms with Gasteiger partial charge in [0, 0.05) is 23.8 Å². The summed E-state index contributed by atoms with van der Waals surface area (Å²) in [6, 6.07) is 7.72. The van der Waals surface area contributed by atoms with Crippen LogP contribution in [0, 0.1) is 11.8 Å². The topological polar surface area (TPSA) is 54.0 Å². The summed E-state index contributed by atoms with van der Waals surface area (Å²) < 4.78 is 22.5. The molecule has 0 aromatic heterocycles. The van der Waals surface area contributed by atoms with Crippen molar-refractivity contribution in [2.24, 2.45) is 11.8 Å². The third-order valence-corrected chi connectivity index (χ3v) is 4.78. The monoisotopic (exact) mass is 290 g/mol. The van der Waals surface area contributed by atoms with Crippen LogP contribution < -0.4 is 4.74 Å². The van der Waals surface area contributed by atoms with Crippen molar-refractivity contribution in [3.05, 3.63) is 29.8 Å². The van der Waals surface area contributed by atoms with E-state index in [2.05, 4.69) is 0 Å². The SMILES string of the molecule is COc1ccc(C2OCC3[C@H]4CC(=O)OC4C[C@H]3O2)cc1. The average Bonchev–Trinajstić information content (AvgIpc) is 3.02. The van der Waals surface area contributed by atoms with Gasteiger partial charge in [-0.25, -0.2) is 0 Å². The lowest BCUT2D eigenvalue weighted by molar-refractivity contribution is -0.238. The number of rotatable bonds is 2. The van der Waals surface area contributed by atoms with E-state index in [-0.39, 0.29) is 36.3 Å². The van der Waals surface area contributed by atoms with Crippen LogP contribution in [0.4, 0.5) is 0 Å². The zero-order valence-electron chi connectivity index (χ0n) is 11.9. The van der Waals surface area contributed by atoms with E-state index < -0.39 is 0 Å². The molecule has 2 heterocycles. The number of esters is 1. The highest BCUT2D eigenvalue weighted by Gasteiger charge is 2.53. The molecule has 3 fully saturated rings. The van der Waals surface area contributed by atoms with Gasteiger partial charge in [0.25, 0.3) is 0 Å². The van der Waals surface area contributed by atoms with E-state index in [1.54, 1.807) is 7.11 Å². The first-order valence-electron chi connectivity index (χ1n) is 7.35. The van der Waals surface area contributed by atoms with Crippen molar-refractivity contribution in [2.75, 3.05) is 13.7 Å². The zero-order chi connectivity index (χ0) is 14.4. The summed E-state index contributed by atoms with van der Waals surface area (Å²) in [7, 11) is 1.64. The number of hydrogen-bond donors (Lipinski definition) is 0. The van der Waals surface area contributed by atoms with Crippen LogP contribution in [0.25, 0.3) is 0 Å². The van der Waals surface area contributed by atoms with Gasteiger partial charge in [-0.3, -0.25) is 4.79 Å². The van der Waals surface area contributed by atoms with Crippen LogP contribution in [0.2, 0.25) is 0 Å². The molecule has 4 rings (SSSR count). The predicted octanol–water partition coefficient (Wildman–Crippen LogP) is 2.06. The molecular weight excluding hydrogens is 272 g/mol. The molecule has 112 valence electrons. The summed E-state index contributed by atoms with van der Waals surface area (Å²) in [5, 5.41) is 0. The molecule has 0 spiro atoms. The third kappa shape index (κ3) is 2.21. The van der Waals surface area contributed by atoms with E-state index in [1.165, 1.54) is 0 Å². The summed E-state index contributed by atoms with van der Waals surface area (Å²) in [5.74, 6) is 1.27. The quantitative estimate of drug-likeness (QED) is 0.780. The molecule has 1 aromatic carbocycles. The normalized spacial score (nSPS) is 37.8. The lowest BCUT2D eigenvalue weighted by atomic mass is 9.92. The highest BCUT2D eigenvalue weighted by molar-refractivity contribution is 5.72. The molecule has 0 radical (unpaired) electrons. The molecule has 0 N–H and O–H groups in total. The van der Waals surface area contributed by atoms with Gasteiger partial charge in [-0.15, -0.1) is 0 Å². The Hall–Kier alpha value is -1.59. The van der Waals surface area contributed by atoms with Crippen LogP contribution in [-0.2, 0) is 19.0 Å². The molecule has 5 heteroatoms. The average molecular weight is 290 g/mol. The number of hydrogen-bond acceptors (Lipinski definition) is 5. The van der Waals surface area contributed by atoms with E-state index in [4.69, 9.17) is 18.9 Å². The summed E-state index contributed by atoms with van der Waals surface area (Å²) >= 11 is 0. The van der Waals surface area contributed by atoms with Crippen molar-refractivity contribution in [3.8, 4) is 5.75 Å². The standard InChI is InChI=1S/C16H18O5/c1-18-10-4-2-9(3-5-10)16-19-8-12-11-6-15(17)20-13(11)7-14(12)21-16/h2-5,11-14,16H,6-8H2,1H3/t11-,12?,13?,14-,16?/m1/s1. The van der Waals surface area contributed by atoms with Crippen molar-refractivity contribution >= 4 is 5.97 Å². The highest BCUT2D eigenvalue weighted by Crippen LogP contribution is 2.47. The Kier molecular flexibility index (Phi) is 3.12. The molecule has 2 saturated heterocycles. The largest absolute Gasteiger partial charge is 0.497 e. The summed E-state index contributed by atoms with van der Waals surface area (Å²) in [6.45, 7) is 0.624. The maximum absolute atomic E-state index is 11.4. The van der Waals surface area contributed by atoms with Crippen molar-refractivity contribution in [1.82, 2.24) is 0 Å². The second-order valence-corrected chi connectivity index (χ2v) is 5.91. The number of fused-ring (bicyclic) bond motifs is 3. The van der Waals surface area contributed by atoms with Gasteiger partial charge >= 0.3 is 5.97 Å². The number of benzene rings is 1. The second kappa shape index (κ2) is 5.00. The third-order valence-electron chi connectivity index (χ3n) is 4.78. The Labute approximate surface area is 123 Å². The minimum atomic E-state index is -0.341. The molecule has 5 atom stereocenters. The molecule has 2 aliphatic heterocycles. The van der Waals surface area contributed by atoms with Crippen molar-refractivity contribution in [1.29, 1.82) is 0 Å². The molecule has 0 bridgehead atoms. The maximum atomic E-state index is 11.4. The Morgan fingerprint density at radius 3 is 2.71 bits per heavy atom. The summed E-state index contributed by atoms with van der Waals surface area (Å²) in [6.07, 6.45) is 1.09. The van der Waals surface area contributed by atoms with Gasteiger partial charge < -0.3 is 18.9 Å². The molecule has 3 unspecified atom stereocenters. The first kappa shape index (κ1) is 13.1. The molecule has 21 heavy (non-hydrogen) atoms. The first-order valence-corrected chi connectivity index (χ1v) is 7.35. The smallest absolute Gasteiger partial charge is 0.306 e. The fourth-order valence-electron chi connectivity index (χ4n) is 3.68. The lowest BCUT2D eigenvalue weighted by Gasteiger charge is -2.34. The Balaban J connectivity index is 1.46. The van der Waals surface area contributed by atoms with Gasteiger partial charge in [0.15, 0.2) is 6.29 Å². The molecule has 0 amide bonds. The van der Waals surface area contributed by atoms with E-state index >= 15 is 0 Å². The van der Waals surface area contributed by atoms with Crippen LogP contribution >= 0.6 is 0 Å². The van der Waals surface area contributed by atoms with E-state index in [1.807, 2.05) is 24.3 Å². The van der Waals surface area contributed by atoms with Gasteiger partial charge in [-0.1, -0.05) is 12.1 Å². The van der Waals surface area contributed by atoms with E-state index in [0.717, 1.165) is 17.7 Å². The number of carbonyl (C=O) groups is 1. The Morgan fingerprint density at radius 1 is 1.14 bits per heavy atom. The summed E-state index contributed by atoms with van der Waals surface area (Å²) in [5.41, 5.74) is 0.989. The van der Waals surface area contributed by atoms with Crippen LogP contribution in [0.3, 0.4) is 0 Å². The van der Waals surface area contributed by atoms with Crippen molar-refractivity contribution in [3.63, 3.8) is 0 Å². The fraction of sp³-hybridized carbons (Fsp3) is 0.562. The molecule has 1 aliphatic carbocycles. The second-order valence-electron chi connectivity index (χ2n) is 5.91. The fourth-order valence-corrected chi connectivity index (χ4v) is 3.68. The Bertz CT molecular complexity index is 540. The molecule has 3 aliphatic rings. The van der Waals surface area contributed by atoms with Gasteiger partial charge in [-0.05, 0) is 12.1 Å².